The molecule has 30 heavy (non-hydrogen) atoms. The molecule has 1 N–H and O–H groups in total. The maximum Gasteiger partial charge on any atom is 0.335 e. The van der Waals surface area contributed by atoms with Gasteiger partial charge in [0.1, 0.15) is 6.61 Å². The molecule has 0 aliphatic carbocycles. The van der Waals surface area contributed by atoms with E-state index in [0.29, 0.717) is 17.1 Å². The van der Waals surface area contributed by atoms with Crippen molar-refractivity contribution in [3.05, 3.63) is 89.0 Å². The fourth-order valence-electron chi connectivity index (χ4n) is 2.72. The van der Waals surface area contributed by atoms with Crippen molar-refractivity contribution in [2.24, 2.45) is 4.99 Å². The Labute approximate surface area is 174 Å². The van der Waals surface area contributed by atoms with Crippen molar-refractivity contribution < 1.29 is 24.2 Å². The van der Waals surface area contributed by atoms with Gasteiger partial charge in [-0.15, -0.1) is 0 Å². The fourth-order valence-corrected chi connectivity index (χ4v) is 2.72. The quantitative estimate of drug-likeness (QED) is 0.426. The highest BCUT2D eigenvalue weighted by Gasteiger charge is 2.07. The second-order valence-electron chi connectivity index (χ2n) is 6.56. The van der Waals surface area contributed by atoms with Crippen molar-refractivity contribution in [1.82, 2.24) is 0 Å². The zero-order valence-corrected chi connectivity index (χ0v) is 16.7. The first-order valence-electron chi connectivity index (χ1n) is 9.24. The van der Waals surface area contributed by atoms with Gasteiger partial charge in [-0.1, -0.05) is 12.1 Å². The van der Waals surface area contributed by atoms with Gasteiger partial charge >= 0.3 is 5.97 Å². The lowest BCUT2D eigenvalue weighted by atomic mass is 10.1. The minimum absolute atomic E-state index is 0.0173. The molecule has 3 aromatic carbocycles. The highest BCUT2D eigenvalue weighted by atomic mass is 16.5. The minimum Gasteiger partial charge on any atom is -0.493 e. The third-order valence-corrected chi connectivity index (χ3v) is 4.42. The summed E-state index contributed by atoms with van der Waals surface area (Å²) < 4.78 is 11.2. The lowest BCUT2D eigenvalue weighted by Gasteiger charge is -2.11. The molecule has 0 heterocycles. The molecule has 0 fully saturated rings. The van der Waals surface area contributed by atoms with E-state index in [1.807, 2.05) is 12.1 Å². The number of nitrogens with zero attached hydrogens (tertiary/aromatic N) is 1. The monoisotopic (exact) mass is 403 g/mol. The minimum atomic E-state index is -0.962. The van der Waals surface area contributed by atoms with Gasteiger partial charge in [0.2, 0.25) is 0 Å². The van der Waals surface area contributed by atoms with Gasteiger partial charge in [0.15, 0.2) is 17.3 Å². The number of aromatic carboxylic acids is 1. The van der Waals surface area contributed by atoms with Crippen LogP contribution in [0.25, 0.3) is 0 Å². The zero-order valence-electron chi connectivity index (χ0n) is 16.7. The summed E-state index contributed by atoms with van der Waals surface area (Å²) in [5, 5.41) is 8.96. The van der Waals surface area contributed by atoms with Crippen molar-refractivity contribution in [2.45, 2.75) is 13.5 Å². The number of ketones is 1. The van der Waals surface area contributed by atoms with Gasteiger partial charge in [0.25, 0.3) is 0 Å². The summed E-state index contributed by atoms with van der Waals surface area (Å²) in [6.45, 7) is 1.81. The van der Waals surface area contributed by atoms with Crippen molar-refractivity contribution in [3.63, 3.8) is 0 Å². The van der Waals surface area contributed by atoms with Crippen molar-refractivity contribution in [3.8, 4) is 11.5 Å². The number of rotatable bonds is 8. The molecule has 0 unspecified atom stereocenters. The summed E-state index contributed by atoms with van der Waals surface area (Å²) in [6, 6.07) is 19.1. The second-order valence-corrected chi connectivity index (χ2v) is 6.56. The van der Waals surface area contributed by atoms with E-state index in [-0.39, 0.29) is 18.0 Å². The molecule has 0 saturated carbocycles. The number of carboxylic acid groups (broad SMARTS) is 1. The van der Waals surface area contributed by atoms with Crippen molar-refractivity contribution in [2.75, 3.05) is 7.11 Å². The Morgan fingerprint density at radius 1 is 0.933 bits per heavy atom. The third kappa shape index (κ3) is 5.32. The van der Waals surface area contributed by atoms with E-state index in [2.05, 4.69) is 4.99 Å². The number of ether oxygens (including phenoxy) is 2. The number of benzene rings is 3. The van der Waals surface area contributed by atoms with E-state index in [9.17, 15) is 9.59 Å². The first-order valence-corrected chi connectivity index (χ1v) is 9.24. The van der Waals surface area contributed by atoms with Crippen LogP contribution in [0.15, 0.2) is 71.7 Å². The SMILES string of the molecule is COc1cc(C=Nc2ccc(C(C)=O)cc2)ccc1OCc1ccc(C(=O)O)cc1. The van der Waals surface area contributed by atoms with Crippen LogP contribution in [0.2, 0.25) is 0 Å². The molecular formula is C24H21NO5. The highest BCUT2D eigenvalue weighted by Crippen LogP contribution is 2.28. The topological polar surface area (TPSA) is 85.2 Å². The number of carbonyl (C=O) groups is 2. The molecule has 6 nitrogen and oxygen atoms in total. The molecule has 152 valence electrons. The average molecular weight is 403 g/mol. The van der Waals surface area contributed by atoms with Crippen LogP contribution >= 0.6 is 0 Å². The molecule has 0 spiro atoms. The Morgan fingerprint density at radius 3 is 2.20 bits per heavy atom. The molecule has 0 radical (unpaired) electrons. The van der Waals surface area contributed by atoms with Gasteiger partial charge in [0.05, 0.1) is 18.4 Å². The molecular weight excluding hydrogens is 382 g/mol. The predicted molar refractivity (Wildman–Crippen MR) is 114 cm³/mol. The summed E-state index contributed by atoms with van der Waals surface area (Å²) >= 11 is 0. The Bertz CT molecular complexity index is 1070. The highest BCUT2D eigenvalue weighted by molar-refractivity contribution is 5.94. The predicted octanol–water partition coefficient (Wildman–Crippen LogP) is 4.93. The molecule has 0 aromatic heterocycles. The zero-order chi connectivity index (χ0) is 21.5. The molecule has 3 rings (SSSR count). The molecule has 0 atom stereocenters. The molecule has 0 amide bonds. The fraction of sp³-hybridized carbons (Fsp3) is 0.125. The first-order chi connectivity index (χ1) is 14.5. The molecule has 6 heteroatoms. The van der Waals surface area contributed by atoms with Crippen molar-refractivity contribution in [1.29, 1.82) is 0 Å². The number of hydrogen-bond donors (Lipinski definition) is 1. The maximum atomic E-state index is 11.3. The summed E-state index contributed by atoms with van der Waals surface area (Å²) in [7, 11) is 1.56. The van der Waals surface area contributed by atoms with Crippen LogP contribution in [-0.4, -0.2) is 30.2 Å². The summed E-state index contributed by atoms with van der Waals surface area (Å²) in [6.07, 6.45) is 1.71. The number of aliphatic imine (C=N–C) groups is 1. The summed E-state index contributed by atoms with van der Waals surface area (Å²) in [4.78, 5) is 26.7. The van der Waals surface area contributed by atoms with Gasteiger partial charge in [-0.3, -0.25) is 9.79 Å². The van der Waals surface area contributed by atoms with Gasteiger partial charge in [-0.25, -0.2) is 4.79 Å². The standard InChI is InChI=1S/C24H21NO5/c1-16(26)19-8-10-21(11-9-19)25-14-18-5-12-22(23(13-18)29-2)30-15-17-3-6-20(7-4-17)24(27)28/h3-14H,15H2,1-2H3,(H,27,28). The first kappa shape index (κ1) is 20.8. The number of methoxy groups -OCH3 is 1. The van der Waals surface area contributed by atoms with Gasteiger partial charge in [-0.05, 0) is 72.6 Å². The van der Waals surface area contributed by atoms with Crippen LogP contribution in [0.3, 0.4) is 0 Å². The third-order valence-electron chi connectivity index (χ3n) is 4.42. The summed E-state index contributed by atoms with van der Waals surface area (Å²) in [5.74, 6) is 0.190. The van der Waals surface area contributed by atoms with Gasteiger partial charge in [-0.2, -0.15) is 0 Å². The van der Waals surface area contributed by atoms with Crippen LogP contribution in [0.1, 0.15) is 38.8 Å². The molecule has 3 aromatic rings. The molecule has 0 aliphatic rings. The Kier molecular flexibility index (Phi) is 6.60. The van der Waals surface area contributed by atoms with E-state index in [1.54, 1.807) is 67.9 Å². The average Bonchev–Trinajstić information content (AvgIpc) is 2.77. The van der Waals surface area contributed by atoms with E-state index < -0.39 is 5.97 Å². The van der Waals surface area contributed by atoms with Crippen LogP contribution in [0, 0.1) is 0 Å². The van der Waals surface area contributed by atoms with Crippen LogP contribution < -0.4 is 9.47 Å². The Balaban J connectivity index is 1.68. The normalized spacial score (nSPS) is 10.7. The van der Waals surface area contributed by atoms with E-state index in [4.69, 9.17) is 14.6 Å². The Morgan fingerprint density at radius 2 is 1.60 bits per heavy atom. The van der Waals surface area contributed by atoms with Gasteiger partial charge < -0.3 is 14.6 Å². The summed E-state index contributed by atoms with van der Waals surface area (Å²) in [5.41, 5.74) is 3.30. The molecule has 0 bridgehead atoms. The van der Waals surface area contributed by atoms with E-state index in [1.165, 1.54) is 6.92 Å². The number of carboxylic acids is 1. The lowest BCUT2D eigenvalue weighted by molar-refractivity contribution is 0.0696. The van der Waals surface area contributed by atoms with Crippen LogP contribution in [-0.2, 0) is 6.61 Å². The number of Topliss-reactive ketones (excluding diaryl/α,β-unsaturated/α-hetero) is 1. The smallest absolute Gasteiger partial charge is 0.335 e. The van der Waals surface area contributed by atoms with E-state index in [0.717, 1.165) is 16.8 Å². The van der Waals surface area contributed by atoms with E-state index >= 15 is 0 Å². The molecule has 0 aliphatic heterocycles. The lowest BCUT2D eigenvalue weighted by Crippen LogP contribution is -2.00. The largest absolute Gasteiger partial charge is 0.493 e. The second kappa shape index (κ2) is 9.52. The maximum absolute atomic E-state index is 11.3. The number of hydrogen-bond acceptors (Lipinski definition) is 5. The Hall–Kier alpha value is -3.93. The van der Waals surface area contributed by atoms with Crippen LogP contribution in [0.4, 0.5) is 5.69 Å². The number of carbonyl (C=O) groups excluding carboxylic acids is 1. The van der Waals surface area contributed by atoms with Gasteiger partial charge in [0, 0.05) is 11.8 Å². The van der Waals surface area contributed by atoms with Crippen molar-refractivity contribution >= 4 is 23.7 Å². The van der Waals surface area contributed by atoms with Crippen LogP contribution in [0.5, 0.6) is 11.5 Å². The molecule has 0 saturated heterocycles.